The Hall–Kier alpha value is -1.12. The number of hydrogen-bond donors (Lipinski definition) is 1. The minimum absolute atomic E-state index is 0.159. The Kier molecular flexibility index (Phi) is 3.23. The summed E-state index contributed by atoms with van der Waals surface area (Å²) in [5.74, 6) is 0.493. The summed E-state index contributed by atoms with van der Waals surface area (Å²) in [6.45, 7) is 2.17. The first-order valence-corrected chi connectivity index (χ1v) is 7.52. The van der Waals surface area contributed by atoms with Crippen molar-refractivity contribution in [3.05, 3.63) is 57.3 Å². The van der Waals surface area contributed by atoms with E-state index in [9.17, 15) is 0 Å². The first-order chi connectivity index (χ1) is 8.77. The van der Waals surface area contributed by atoms with E-state index in [4.69, 9.17) is 5.73 Å². The topological polar surface area (TPSA) is 26.0 Å². The van der Waals surface area contributed by atoms with Gasteiger partial charge in [-0.05, 0) is 54.3 Å². The summed E-state index contributed by atoms with van der Waals surface area (Å²) >= 11 is 1.80. The normalized spacial score (nSPS) is 20.4. The van der Waals surface area contributed by atoms with Gasteiger partial charge in [-0.3, -0.25) is 0 Å². The van der Waals surface area contributed by atoms with Gasteiger partial charge in [0.15, 0.2) is 0 Å². The van der Waals surface area contributed by atoms with E-state index in [1.807, 2.05) is 0 Å². The fraction of sp³-hybridized carbons (Fsp3) is 0.375. The van der Waals surface area contributed by atoms with Gasteiger partial charge in [-0.25, -0.2) is 0 Å². The molecule has 0 spiro atoms. The zero-order chi connectivity index (χ0) is 12.5. The molecule has 0 radical (unpaired) electrons. The van der Waals surface area contributed by atoms with E-state index in [0.29, 0.717) is 5.92 Å². The molecule has 1 aliphatic carbocycles. The molecule has 2 heteroatoms. The van der Waals surface area contributed by atoms with Gasteiger partial charge in [0, 0.05) is 16.8 Å². The summed E-state index contributed by atoms with van der Waals surface area (Å²) in [6.07, 6.45) is 3.69. The average Bonchev–Trinajstić information content (AvgIpc) is 2.83. The first-order valence-electron chi connectivity index (χ1n) is 6.65. The average molecular weight is 257 g/mol. The highest BCUT2D eigenvalue weighted by Crippen LogP contribution is 2.41. The smallest absolute Gasteiger partial charge is 0.0462 e. The van der Waals surface area contributed by atoms with Crippen LogP contribution in [0.15, 0.2) is 35.7 Å². The zero-order valence-corrected chi connectivity index (χ0v) is 11.5. The number of fused-ring (bicyclic) bond motifs is 1. The molecule has 2 aromatic rings. The molecular weight excluding hydrogens is 238 g/mol. The van der Waals surface area contributed by atoms with Crippen molar-refractivity contribution in [1.29, 1.82) is 0 Å². The van der Waals surface area contributed by atoms with Crippen molar-refractivity contribution in [3.63, 3.8) is 0 Å². The molecule has 1 nitrogen and oxygen atoms in total. The molecule has 1 aliphatic rings. The Morgan fingerprint density at radius 2 is 2.11 bits per heavy atom. The molecule has 0 fully saturated rings. The number of thiophene rings is 1. The fourth-order valence-corrected chi connectivity index (χ4v) is 4.07. The Balaban J connectivity index is 1.97. The summed E-state index contributed by atoms with van der Waals surface area (Å²) in [4.78, 5) is 1.36. The molecular formula is C16H19NS. The minimum atomic E-state index is 0.159. The third-order valence-electron chi connectivity index (χ3n) is 4.05. The van der Waals surface area contributed by atoms with Crippen molar-refractivity contribution in [2.75, 3.05) is 0 Å². The molecule has 2 N–H and O–H groups in total. The number of nitrogens with two attached hydrogens (primary N) is 1. The maximum Gasteiger partial charge on any atom is 0.0462 e. The second-order valence-electron chi connectivity index (χ2n) is 5.19. The van der Waals surface area contributed by atoms with E-state index in [2.05, 4.69) is 42.6 Å². The number of aryl methyl sites for hydroxylation is 2. The van der Waals surface area contributed by atoms with Gasteiger partial charge in [0.25, 0.3) is 0 Å². The lowest BCUT2D eigenvalue weighted by molar-refractivity contribution is 0.478. The molecule has 94 valence electrons. The molecule has 1 aromatic heterocycles. The Morgan fingerprint density at radius 1 is 1.28 bits per heavy atom. The van der Waals surface area contributed by atoms with Gasteiger partial charge in [-0.15, -0.1) is 11.3 Å². The Morgan fingerprint density at radius 3 is 2.89 bits per heavy atom. The van der Waals surface area contributed by atoms with E-state index in [-0.39, 0.29) is 6.04 Å². The van der Waals surface area contributed by atoms with Crippen LogP contribution in [0, 0.1) is 6.92 Å². The van der Waals surface area contributed by atoms with Crippen molar-refractivity contribution in [2.45, 2.75) is 38.1 Å². The highest BCUT2D eigenvalue weighted by molar-refractivity contribution is 7.10. The second-order valence-corrected chi connectivity index (χ2v) is 6.14. The fourth-order valence-electron chi connectivity index (χ4n) is 3.07. The SMILES string of the molecule is Cc1ccsc1C(N)C1CCCc2ccccc21. The second kappa shape index (κ2) is 4.87. The molecule has 18 heavy (non-hydrogen) atoms. The largest absolute Gasteiger partial charge is 0.323 e. The predicted octanol–water partition coefficient (Wildman–Crippen LogP) is 4.18. The summed E-state index contributed by atoms with van der Waals surface area (Å²) in [5, 5.41) is 2.15. The maximum absolute atomic E-state index is 6.54. The van der Waals surface area contributed by atoms with Crippen LogP contribution >= 0.6 is 11.3 Å². The van der Waals surface area contributed by atoms with E-state index in [1.165, 1.54) is 40.8 Å². The highest BCUT2D eigenvalue weighted by atomic mass is 32.1. The van der Waals surface area contributed by atoms with Crippen LogP contribution in [0.4, 0.5) is 0 Å². The van der Waals surface area contributed by atoms with Crippen LogP contribution in [-0.4, -0.2) is 0 Å². The molecule has 0 bridgehead atoms. The standard InChI is InChI=1S/C16H19NS/c1-11-9-10-18-16(11)15(17)14-8-4-6-12-5-2-3-7-13(12)14/h2-3,5,7,9-10,14-15H,4,6,8,17H2,1H3. The minimum Gasteiger partial charge on any atom is -0.323 e. The molecule has 2 unspecified atom stereocenters. The van der Waals surface area contributed by atoms with Crippen molar-refractivity contribution >= 4 is 11.3 Å². The highest BCUT2D eigenvalue weighted by Gasteiger charge is 2.27. The molecule has 0 amide bonds. The van der Waals surface area contributed by atoms with E-state index in [0.717, 1.165) is 0 Å². The van der Waals surface area contributed by atoms with Crippen LogP contribution < -0.4 is 5.73 Å². The van der Waals surface area contributed by atoms with Gasteiger partial charge in [0.1, 0.15) is 0 Å². The quantitative estimate of drug-likeness (QED) is 0.858. The lowest BCUT2D eigenvalue weighted by atomic mass is 9.78. The zero-order valence-electron chi connectivity index (χ0n) is 10.7. The van der Waals surface area contributed by atoms with Crippen molar-refractivity contribution < 1.29 is 0 Å². The number of rotatable bonds is 2. The summed E-state index contributed by atoms with van der Waals surface area (Å²) < 4.78 is 0. The summed E-state index contributed by atoms with van der Waals surface area (Å²) in [6, 6.07) is 11.1. The van der Waals surface area contributed by atoms with E-state index >= 15 is 0 Å². The molecule has 3 rings (SSSR count). The van der Waals surface area contributed by atoms with Crippen LogP contribution in [-0.2, 0) is 6.42 Å². The Labute approximate surface area is 113 Å². The monoisotopic (exact) mass is 257 g/mol. The van der Waals surface area contributed by atoms with E-state index in [1.54, 1.807) is 11.3 Å². The maximum atomic E-state index is 6.54. The van der Waals surface area contributed by atoms with Crippen LogP contribution in [0.3, 0.4) is 0 Å². The van der Waals surface area contributed by atoms with Crippen LogP contribution in [0.1, 0.15) is 46.4 Å². The van der Waals surface area contributed by atoms with Crippen LogP contribution in [0.2, 0.25) is 0 Å². The van der Waals surface area contributed by atoms with Gasteiger partial charge in [0.05, 0.1) is 0 Å². The van der Waals surface area contributed by atoms with Crippen molar-refractivity contribution in [2.24, 2.45) is 5.73 Å². The summed E-state index contributed by atoms with van der Waals surface area (Å²) in [5.41, 5.74) is 10.9. The van der Waals surface area contributed by atoms with Crippen LogP contribution in [0.5, 0.6) is 0 Å². The van der Waals surface area contributed by atoms with Gasteiger partial charge >= 0.3 is 0 Å². The Bertz CT molecular complexity index is 544. The van der Waals surface area contributed by atoms with Gasteiger partial charge in [0.2, 0.25) is 0 Å². The van der Waals surface area contributed by atoms with Gasteiger partial charge in [-0.2, -0.15) is 0 Å². The van der Waals surface area contributed by atoms with Crippen molar-refractivity contribution in [3.8, 4) is 0 Å². The van der Waals surface area contributed by atoms with Gasteiger partial charge in [-0.1, -0.05) is 24.3 Å². The molecule has 2 atom stereocenters. The lowest BCUT2D eigenvalue weighted by Gasteiger charge is -2.30. The molecule has 0 saturated carbocycles. The van der Waals surface area contributed by atoms with Crippen molar-refractivity contribution in [1.82, 2.24) is 0 Å². The molecule has 0 saturated heterocycles. The predicted molar refractivity (Wildman–Crippen MR) is 78.1 cm³/mol. The third kappa shape index (κ3) is 2.00. The summed E-state index contributed by atoms with van der Waals surface area (Å²) in [7, 11) is 0. The third-order valence-corrected chi connectivity index (χ3v) is 5.17. The first kappa shape index (κ1) is 11.9. The van der Waals surface area contributed by atoms with Crippen LogP contribution in [0.25, 0.3) is 0 Å². The molecule has 0 aliphatic heterocycles. The number of hydrogen-bond acceptors (Lipinski definition) is 2. The number of benzene rings is 1. The van der Waals surface area contributed by atoms with E-state index < -0.39 is 0 Å². The van der Waals surface area contributed by atoms with Gasteiger partial charge < -0.3 is 5.73 Å². The lowest BCUT2D eigenvalue weighted by Crippen LogP contribution is -2.23. The molecule has 1 heterocycles. The molecule has 1 aromatic carbocycles.